The van der Waals surface area contributed by atoms with Gasteiger partial charge >= 0.3 is 0 Å². The Morgan fingerprint density at radius 1 is 1.21 bits per heavy atom. The molecule has 1 aliphatic carbocycles. The Morgan fingerprint density at radius 2 is 1.79 bits per heavy atom. The molecule has 1 aliphatic rings. The zero-order valence-corrected chi connectivity index (χ0v) is 8.82. The molecule has 0 unspecified atom stereocenters. The highest BCUT2D eigenvalue weighted by Crippen LogP contribution is 2.42. The summed E-state index contributed by atoms with van der Waals surface area (Å²) in [5.74, 6) is -0.171. The van der Waals surface area contributed by atoms with Crippen molar-refractivity contribution in [1.29, 1.82) is 0 Å². The zero-order chi connectivity index (χ0) is 9.31. The average Bonchev–Trinajstić information content (AvgIpc) is 2.07. The Labute approximate surface area is 89.9 Å². The third-order valence-electron chi connectivity index (χ3n) is 3.16. The van der Waals surface area contributed by atoms with Gasteiger partial charge in [-0.3, -0.25) is 0 Å². The van der Waals surface area contributed by atoms with Crippen LogP contribution in [-0.2, 0) is 5.41 Å². The summed E-state index contributed by atoms with van der Waals surface area (Å²) in [5, 5.41) is 0. The Bertz CT molecular complexity index is 287. The molecule has 1 saturated carbocycles. The molecule has 0 saturated heterocycles. The van der Waals surface area contributed by atoms with Crippen molar-refractivity contribution >= 4 is 12.4 Å². The van der Waals surface area contributed by atoms with Gasteiger partial charge in [-0.1, -0.05) is 18.6 Å². The topological polar surface area (TPSA) is 26.0 Å². The van der Waals surface area contributed by atoms with Crippen LogP contribution in [0.2, 0.25) is 0 Å². The maximum atomic E-state index is 12.7. The number of rotatable bonds is 2. The van der Waals surface area contributed by atoms with E-state index in [4.69, 9.17) is 5.73 Å². The molecule has 0 heterocycles. The molecule has 78 valence electrons. The van der Waals surface area contributed by atoms with Crippen LogP contribution in [0.4, 0.5) is 4.39 Å². The van der Waals surface area contributed by atoms with E-state index < -0.39 is 0 Å². The molecule has 0 atom stereocenters. The van der Waals surface area contributed by atoms with Crippen LogP contribution in [0.3, 0.4) is 0 Å². The highest BCUT2D eigenvalue weighted by molar-refractivity contribution is 5.85. The van der Waals surface area contributed by atoms with Crippen molar-refractivity contribution in [3.05, 3.63) is 35.6 Å². The van der Waals surface area contributed by atoms with Gasteiger partial charge in [0.15, 0.2) is 0 Å². The number of benzene rings is 1. The maximum Gasteiger partial charge on any atom is 0.123 e. The van der Waals surface area contributed by atoms with E-state index in [0.29, 0.717) is 6.54 Å². The zero-order valence-electron chi connectivity index (χ0n) is 8.00. The fourth-order valence-electron chi connectivity index (χ4n) is 2.02. The van der Waals surface area contributed by atoms with Gasteiger partial charge < -0.3 is 5.73 Å². The van der Waals surface area contributed by atoms with Crippen molar-refractivity contribution < 1.29 is 4.39 Å². The lowest BCUT2D eigenvalue weighted by Gasteiger charge is -2.41. The standard InChI is InChI=1S/C11H14FN.ClH/c12-10-4-2-9(3-5-10)11(8-13)6-1-7-11;/h2-5H,1,6-8,13H2;1H. The number of halogens is 2. The van der Waals surface area contributed by atoms with Crippen LogP contribution in [0.15, 0.2) is 24.3 Å². The van der Waals surface area contributed by atoms with E-state index in [1.807, 2.05) is 12.1 Å². The molecular formula is C11H15ClFN. The quantitative estimate of drug-likeness (QED) is 0.807. The van der Waals surface area contributed by atoms with E-state index in [0.717, 1.165) is 12.8 Å². The third kappa shape index (κ3) is 1.77. The number of hydrogen-bond donors (Lipinski definition) is 1. The molecule has 1 fully saturated rings. The molecule has 14 heavy (non-hydrogen) atoms. The predicted octanol–water partition coefficient (Wildman–Crippen LogP) is 2.63. The van der Waals surface area contributed by atoms with Crippen molar-refractivity contribution in [3.63, 3.8) is 0 Å². The maximum absolute atomic E-state index is 12.7. The van der Waals surface area contributed by atoms with E-state index in [1.165, 1.54) is 24.1 Å². The number of hydrogen-bond acceptors (Lipinski definition) is 1. The normalized spacial score (nSPS) is 18.1. The lowest BCUT2D eigenvalue weighted by Crippen LogP contribution is -2.41. The van der Waals surface area contributed by atoms with Gasteiger partial charge in [0.25, 0.3) is 0 Å². The lowest BCUT2D eigenvalue weighted by atomic mass is 9.64. The van der Waals surface area contributed by atoms with E-state index in [-0.39, 0.29) is 23.6 Å². The van der Waals surface area contributed by atoms with Crippen LogP contribution in [0.5, 0.6) is 0 Å². The van der Waals surface area contributed by atoms with Gasteiger partial charge in [0.2, 0.25) is 0 Å². The molecule has 0 amide bonds. The largest absolute Gasteiger partial charge is 0.330 e. The smallest absolute Gasteiger partial charge is 0.123 e. The van der Waals surface area contributed by atoms with Crippen molar-refractivity contribution in [3.8, 4) is 0 Å². The van der Waals surface area contributed by atoms with Crippen LogP contribution in [0.25, 0.3) is 0 Å². The molecule has 0 radical (unpaired) electrons. The fraction of sp³-hybridized carbons (Fsp3) is 0.455. The predicted molar refractivity (Wildman–Crippen MR) is 58.2 cm³/mol. The summed E-state index contributed by atoms with van der Waals surface area (Å²) in [6.45, 7) is 0.679. The van der Waals surface area contributed by atoms with Gasteiger partial charge in [-0.2, -0.15) is 0 Å². The van der Waals surface area contributed by atoms with Gasteiger partial charge in [-0.05, 0) is 30.5 Å². The summed E-state index contributed by atoms with van der Waals surface area (Å²) in [4.78, 5) is 0. The second kappa shape index (κ2) is 4.28. The van der Waals surface area contributed by atoms with Gasteiger partial charge in [-0.15, -0.1) is 12.4 Å². The van der Waals surface area contributed by atoms with E-state index in [1.54, 1.807) is 0 Å². The SMILES string of the molecule is Cl.NCC1(c2ccc(F)cc2)CCC1. The molecule has 2 N–H and O–H groups in total. The fourth-order valence-corrected chi connectivity index (χ4v) is 2.02. The second-order valence-electron chi connectivity index (χ2n) is 3.84. The Kier molecular flexibility index (Phi) is 3.51. The summed E-state index contributed by atoms with van der Waals surface area (Å²) in [5.41, 5.74) is 7.10. The summed E-state index contributed by atoms with van der Waals surface area (Å²) >= 11 is 0. The summed E-state index contributed by atoms with van der Waals surface area (Å²) in [6, 6.07) is 6.76. The highest BCUT2D eigenvalue weighted by atomic mass is 35.5. The van der Waals surface area contributed by atoms with Crippen molar-refractivity contribution in [2.24, 2.45) is 5.73 Å². The molecule has 2 rings (SSSR count). The number of nitrogens with two attached hydrogens (primary N) is 1. The molecular weight excluding hydrogens is 201 g/mol. The third-order valence-corrected chi connectivity index (χ3v) is 3.16. The summed E-state index contributed by atoms with van der Waals surface area (Å²) in [6.07, 6.45) is 3.54. The lowest BCUT2D eigenvalue weighted by molar-refractivity contribution is 0.253. The van der Waals surface area contributed by atoms with Crippen molar-refractivity contribution in [1.82, 2.24) is 0 Å². The molecule has 0 spiro atoms. The van der Waals surface area contributed by atoms with E-state index in [2.05, 4.69) is 0 Å². The summed E-state index contributed by atoms with van der Waals surface area (Å²) < 4.78 is 12.7. The molecule has 0 bridgehead atoms. The summed E-state index contributed by atoms with van der Waals surface area (Å²) in [7, 11) is 0. The van der Waals surface area contributed by atoms with Crippen LogP contribution < -0.4 is 5.73 Å². The van der Waals surface area contributed by atoms with Gasteiger partial charge in [0, 0.05) is 12.0 Å². The monoisotopic (exact) mass is 215 g/mol. The average molecular weight is 216 g/mol. The Morgan fingerprint density at radius 3 is 2.14 bits per heavy atom. The van der Waals surface area contributed by atoms with E-state index in [9.17, 15) is 4.39 Å². The minimum Gasteiger partial charge on any atom is -0.330 e. The second-order valence-corrected chi connectivity index (χ2v) is 3.84. The van der Waals surface area contributed by atoms with Gasteiger partial charge in [0.05, 0.1) is 0 Å². The first-order valence-electron chi connectivity index (χ1n) is 4.73. The Hall–Kier alpha value is -0.600. The first-order valence-corrected chi connectivity index (χ1v) is 4.73. The van der Waals surface area contributed by atoms with E-state index >= 15 is 0 Å². The van der Waals surface area contributed by atoms with Crippen molar-refractivity contribution in [2.75, 3.05) is 6.54 Å². The van der Waals surface area contributed by atoms with Crippen molar-refractivity contribution in [2.45, 2.75) is 24.7 Å². The molecule has 0 aliphatic heterocycles. The first kappa shape index (κ1) is 11.5. The van der Waals surface area contributed by atoms with Crippen LogP contribution in [-0.4, -0.2) is 6.54 Å². The Balaban J connectivity index is 0.000000980. The van der Waals surface area contributed by atoms with Gasteiger partial charge in [-0.25, -0.2) is 4.39 Å². The first-order chi connectivity index (χ1) is 6.27. The minimum absolute atomic E-state index is 0. The minimum atomic E-state index is -0.171. The van der Waals surface area contributed by atoms with Gasteiger partial charge in [0.1, 0.15) is 5.82 Å². The van der Waals surface area contributed by atoms with Crippen LogP contribution in [0, 0.1) is 5.82 Å². The molecule has 1 aromatic carbocycles. The van der Waals surface area contributed by atoms with Crippen LogP contribution >= 0.6 is 12.4 Å². The van der Waals surface area contributed by atoms with Crippen LogP contribution in [0.1, 0.15) is 24.8 Å². The molecule has 1 aromatic rings. The molecule has 0 aromatic heterocycles. The molecule has 1 nitrogen and oxygen atoms in total. The molecule has 3 heteroatoms. The highest BCUT2D eigenvalue weighted by Gasteiger charge is 2.36.